The highest BCUT2D eigenvalue weighted by molar-refractivity contribution is 5.84. The standard InChI is InChI=1S/C14H23NO/c1-11(2)5-4-6-13-7-9-14(10-8-13)12(3)15-16/h5,7,14,16H,4,6,8-10H2,1-3H3. The largest absolute Gasteiger partial charge is 0.411 e. The van der Waals surface area contributed by atoms with Gasteiger partial charge in [-0.2, -0.15) is 0 Å². The highest BCUT2D eigenvalue weighted by Gasteiger charge is 2.16. The lowest BCUT2D eigenvalue weighted by Gasteiger charge is -2.20. The van der Waals surface area contributed by atoms with Crippen molar-refractivity contribution in [2.45, 2.75) is 52.9 Å². The van der Waals surface area contributed by atoms with Gasteiger partial charge in [0.25, 0.3) is 0 Å². The molecule has 0 fully saturated rings. The van der Waals surface area contributed by atoms with Gasteiger partial charge in [-0.15, -0.1) is 0 Å². The van der Waals surface area contributed by atoms with Crippen LogP contribution in [0.1, 0.15) is 52.9 Å². The van der Waals surface area contributed by atoms with Crippen molar-refractivity contribution in [2.24, 2.45) is 11.1 Å². The predicted molar refractivity (Wildman–Crippen MR) is 69.0 cm³/mol. The zero-order valence-electron chi connectivity index (χ0n) is 10.7. The highest BCUT2D eigenvalue weighted by Crippen LogP contribution is 2.27. The minimum atomic E-state index is 0.456. The van der Waals surface area contributed by atoms with E-state index in [4.69, 9.17) is 5.21 Å². The zero-order chi connectivity index (χ0) is 12.0. The second-order valence-corrected chi connectivity index (χ2v) is 4.90. The number of oxime groups is 1. The molecule has 1 rings (SSSR count). The summed E-state index contributed by atoms with van der Waals surface area (Å²) in [4.78, 5) is 0. The van der Waals surface area contributed by atoms with E-state index in [0.29, 0.717) is 5.92 Å². The van der Waals surface area contributed by atoms with Crippen LogP contribution in [0.15, 0.2) is 28.5 Å². The third kappa shape index (κ3) is 4.21. The topological polar surface area (TPSA) is 32.6 Å². The van der Waals surface area contributed by atoms with Crippen LogP contribution < -0.4 is 0 Å². The maximum absolute atomic E-state index is 8.71. The van der Waals surface area contributed by atoms with Gasteiger partial charge in [0.2, 0.25) is 0 Å². The zero-order valence-corrected chi connectivity index (χ0v) is 10.7. The summed E-state index contributed by atoms with van der Waals surface area (Å²) >= 11 is 0. The van der Waals surface area contributed by atoms with E-state index in [1.165, 1.54) is 12.0 Å². The van der Waals surface area contributed by atoms with E-state index in [1.807, 2.05) is 6.92 Å². The lowest BCUT2D eigenvalue weighted by Crippen LogP contribution is -2.14. The number of hydrogen-bond acceptors (Lipinski definition) is 2. The van der Waals surface area contributed by atoms with Crippen LogP contribution in [-0.4, -0.2) is 10.9 Å². The van der Waals surface area contributed by atoms with Gasteiger partial charge < -0.3 is 5.21 Å². The molecule has 0 aromatic carbocycles. The second kappa shape index (κ2) is 6.51. The Balaban J connectivity index is 2.38. The highest BCUT2D eigenvalue weighted by atomic mass is 16.4. The molecule has 0 amide bonds. The van der Waals surface area contributed by atoms with Crippen LogP contribution in [-0.2, 0) is 0 Å². The lowest BCUT2D eigenvalue weighted by atomic mass is 9.85. The molecule has 1 atom stereocenters. The Morgan fingerprint density at radius 3 is 2.75 bits per heavy atom. The first-order chi connectivity index (χ1) is 7.63. The first kappa shape index (κ1) is 13.0. The van der Waals surface area contributed by atoms with Crippen LogP contribution in [0.25, 0.3) is 0 Å². The Labute approximate surface area is 98.7 Å². The number of hydrogen-bond donors (Lipinski definition) is 1. The molecule has 1 N–H and O–H groups in total. The molecule has 0 aromatic heterocycles. The molecular formula is C14H23NO. The van der Waals surface area contributed by atoms with Crippen molar-refractivity contribution >= 4 is 5.71 Å². The van der Waals surface area contributed by atoms with Crippen LogP contribution in [0.2, 0.25) is 0 Å². The van der Waals surface area contributed by atoms with E-state index in [1.54, 1.807) is 5.57 Å². The SMILES string of the molecule is CC(C)=CCCC1=CCC(C(C)=NO)CC1. The number of nitrogens with zero attached hydrogens (tertiary/aromatic N) is 1. The van der Waals surface area contributed by atoms with Crippen molar-refractivity contribution in [3.63, 3.8) is 0 Å². The van der Waals surface area contributed by atoms with Crippen LogP contribution in [0.3, 0.4) is 0 Å². The fourth-order valence-electron chi connectivity index (χ4n) is 2.12. The molecule has 2 nitrogen and oxygen atoms in total. The molecule has 16 heavy (non-hydrogen) atoms. The summed E-state index contributed by atoms with van der Waals surface area (Å²) in [5.41, 5.74) is 3.84. The molecule has 0 aromatic rings. The molecule has 0 aliphatic heterocycles. The summed E-state index contributed by atoms with van der Waals surface area (Å²) in [7, 11) is 0. The summed E-state index contributed by atoms with van der Waals surface area (Å²) in [5.74, 6) is 0.456. The molecule has 1 aliphatic rings. The van der Waals surface area contributed by atoms with E-state index in [9.17, 15) is 0 Å². The van der Waals surface area contributed by atoms with Gasteiger partial charge in [-0.3, -0.25) is 0 Å². The number of allylic oxidation sites excluding steroid dienone is 4. The van der Waals surface area contributed by atoms with Crippen molar-refractivity contribution < 1.29 is 5.21 Å². The lowest BCUT2D eigenvalue weighted by molar-refractivity contribution is 0.313. The minimum Gasteiger partial charge on any atom is -0.411 e. The van der Waals surface area contributed by atoms with Crippen molar-refractivity contribution in [2.75, 3.05) is 0 Å². The van der Waals surface area contributed by atoms with Gasteiger partial charge in [0, 0.05) is 5.92 Å². The second-order valence-electron chi connectivity index (χ2n) is 4.90. The van der Waals surface area contributed by atoms with E-state index < -0.39 is 0 Å². The van der Waals surface area contributed by atoms with Crippen molar-refractivity contribution in [1.29, 1.82) is 0 Å². The fraction of sp³-hybridized carbons (Fsp3) is 0.643. The Morgan fingerprint density at radius 1 is 1.50 bits per heavy atom. The Kier molecular flexibility index (Phi) is 5.30. The third-order valence-corrected chi connectivity index (χ3v) is 3.27. The van der Waals surface area contributed by atoms with E-state index in [0.717, 1.165) is 31.4 Å². The van der Waals surface area contributed by atoms with Crippen LogP contribution in [0, 0.1) is 5.92 Å². The molecule has 0 radical (unpaired) electrons. The van der Waals surface area contributed by atoms with Crippen molar-refractivity contribution in [1.82, 2.24) is 0 Å². The van der Waals surface area contributed by atoms with Gasteiger partial charge in [0.15, 0.2) is 0 Å². The average Bonchev–Trinajstić information content (AvgIpc) is 2.28. The quantitative estimate of drug-likeness (QED) is 0.326. The molecule has 90 valence electrons. The molecule has 0 saturated carbocycles. The summed E-state index contributed by atoms with van der Waals surface area (Å²) in [5, 5.41) is 12.0. The number of rotatable bonds is 4. The summed E-state index contributed by atoms with van der Waals surface area (Å²) in [6.07, 6.45) is 10.3. The smallest absolute Gasteiger partial charge is 0.0574 e. The average molecular weight is 221 g/mol. The van der Waals surface area contributed by atoms with Gasteiger partial charge in [-0.1, -0.05) is 28.5 Å². The molecular weight excluding hydrogens is 198 g/mol. The first-order valence-electron chi connectivity index (χ1n) is 6.13. The van der Waals surface area contributed by atoms with Crippen LogP contribution in [0.5, 0.6) is 0 Å². The van der Waals surface area contributed by atoms with E-state index >= 15 is 0 Å². The Morgan fingerprint density at radius 2 is 2.25 bits per heavy atom. The van der Waals surface area contributed by atoms with Crippen LogP contribution in [0.4, 0.5) is 0 Å². The van der Waals surface area contributed by atoms with Gasteiger partial charge in [0.05, 0.1) is 5.71 Å². The Bertz CT molecular complexity index is 309. The monoisotopic (exact) mass is 221 g/mol. The molecule has 0 heterocycles. The molecule has 0 spiro atoms. The molecule has 1 aliphatic carbocycles. The van der Waals surface area contributed by atoms with Crippen LogP contribution >= 0.6 is 0 Å². The fourth-order valence-corrected chi connectivity index (χ4v) is 2.12. The van der Waals surface area contributed by atoms with Gasteiger partial charge in [0.1, 0.15) is 0 Å². The first-order valence-corrected chi connectivity index (χ1v) is 6.13. The molecule has 2 heteroatoms. The van der Waals surface area contributed by atoms with Gasteiger partial charge in [-0.05, 0) is 52.9 Å². The Hall–Kier alpha value is -1.05. The summed E-state index contributed by atoms with van der Waals surface area (Å²) in [6.45, 7) is 6.20. The van der Waals surface area contributed by atoms with Crippen molar-refractivity contribution in [3.05, 3.63) is 23.3 Å². The normalized spacial score (nSPS) is 21.6. The van der Waals surface area contributed by atoms with E-state index in [2.05, 4.69) is 31.2 Å². The molecule has 0 saturated heterocycles. The summed E-state index contributed by atoms with van der Waals surface area (Å²) < 4.78 is 0. The van der Waals surface area contributed by atoms with Crippen molar-refractivity contribution in [3.8, 4) is 0 Å². The van der Waals surface area contributed by atoms with Gasteiger partial charge in [-0.25, -0.2) is 0 Å². The third-order valence-electron chi connectivity index (χ3n) is 3.27. The summed E-state index contributed by atoms with van der Waals surface area (Å²) in [6, 6.07) is 0. The van der Waals surface area contributed by atoms with E-state index in [-0.39, 0.29) is 0 Å². The molecule has 0 bridgehead atoms. The maximum atomic E-state index is 8.71. The maximum Gasteiger partial charge on any atom is 0.0574 e. The molecule has 1 unspecified atom stereocenters. The predicted octanol–water partition coefficient (Wildman–Crippen LogP) is 4.31. The minimum absolute atomic E-state index is 0.456. The van der Waals surface area contributed by atoms with Gasteiger partial charge >= 0.3 is 0 Å².